The number of rotatable bonds is 2. The first-order chi connectivity index (χ1) is 9.88. The summed E-state index contributed by atoms with van der Waals surface area (Å²) in [6.07, 6.45) is 1.17. The maximum Gasteiger partial charge on any atom is 0.236 e. The zero-order chi connectivity index (χ0) is 15.2. The third kappa shape index (κ3) is 2.55. The predicted molar refractivity (Wildman–Crippen MR) is 87.6 cm³/mol. The van der Waals surface area contributed by atoms with Gasteiger partial charge in [0.2, 0.25) is 10.0 Å². The van der Waals surface area contributed by atoms with Gasteiger partial charge in [-0.25, -0.2) is 12.4 Å². The van der Waals surface area contributed by atoms with Gasteiger partial charge < -0.3 is 0 Å². The third-order valence-electron chi connectivity index (χ3n) is 3.21. The maximum atomic E-state index is 12.2. The number of nitrogens with zero attached hydrogens (tertiary/aromatic N) is 1. The van der Waals surface area contributed by atoms with Crippen LogP contribution in [0, 0.1) is 0 Å². The van der Waals surface area contributed by atoms with E-state index in [1.54, 1.807) is 30.3 Å². The Kier molecular flexibility index (Phi) is 3.48. The Morgan fingerprint density at radius 3 is 2.38 bits per heavy atom. The van der Waals surface area contributed by atoms with Gasteiger partial charge in [0.1, 0.15) is 0 Å². The molecule has 3 rings (SSSR count). The van der Waals surface area contributed by atoms with Crippen molar-refractivity contribution in [1.29, 1.82) is 0 Å². The molecular formula is C15H11Cl2NO2S. The highest BCUT2D eigenvalue weighted by atomic mass is 35.5. The summed E-state index contributed by atoms with van der Waals surface area (Å²) in [6, 6.07) is 14.1. The average molecular weight is 340 g/mol. The fourth-order valence-corrected chi connectivity index (χ4v) is 3.91. The number of hydrogen-bond acceptors (Lipinski definition) is 2. The molecule has 0 aliphatic rings. The highest BCUT2D eigenvalue weighted by molar-refractivity contribution is 7.89. The second-order valence-electron chi connectivity index (χ2n) is 4.74. The molecule has 0 unspecified atom stereocenters. The average Bonchev–Trinajstić information content (AvgIpc) is 2.77. The fourth-order valence-electron chi connectivity index (χ4n) is 2.37. The topological polar surface area (TPSA) is 39.1 Å². The quantitative estimate of drug-likeness (QED) is 0.693. The van der Waals surface area contributed by atoms with Crippen LogP contribution in [0.4, 0.5) is 0 Å². The van der Waals surface area contributed by atoms with Gasteiger partial charge in [0.05, 0.1) is 22.5 Å². The van der Waals surface area contributed by atoms with E-state index in [0.29, 0.717) is 26.8 Å². The van der Waals surface area contributed by atoms with Crippen molar-refractivity contribution in [3.8, 4) is 11.3 Å². The summed E-state index contributed by atoms with van der Waals surface area (Å²) in [7, 11) is -3.47. The van der Waals surface area contributed by atoms with E-state index >= 15 is 0 Å². The van der Waals surface area contributed by atoms with Gasteiger partial charge in [0.15, 0.2) is 0 Å². The van der Waals surface area contributed by atoms with Crippen LogP contribution in [0.1, 0.15) is 0 Å². The molecule has 0 atom stereocenters. The predicted octanol–water partition coefficient (Wildman–Crippen LogP) is 4.42. The van der Waals surface area contributed by atoms with Gasteiger partial charge in [0, 0.05) is 16.0 Å². The summed E-state index contributed by atoms with van der Waals surface area (Å²) in [4.78, 5) is 0. The molecule has 3 nitrogen and oxygen atoms in total. The molecule has 2 aromatic carbocycles. The summed E-state index contributed by atoms with van der Waals surface area (Å²) in [5.41, 5.74) is 1.78. The van der Waals surface area contributed by atoms with Crippen LogP contribution in [0.25, 0.3) is 22.2 Å². The molecule has 0 aliphatic heterocycles. The minimum atomic E-state index is -3.47. The van der Waals surface area contributed by atoms with Crippen LogP contribution in [-0.2, 0) is 10.0 Å². The van der Waals surface area contributed by atoms with Crippen molar-refractivity contribution < 1.29 is 8.42 Å². The van der Waals surface area contributed by atoms with Crippen molar-refractivity contribution in [2.75, 3.05) is 6.26 Å². The van der Waals surface area contributed by atoms with Crippen LogP contribution < -0.4 is 0 Å². The first kappa shape index (κ1) is 14.4. The molecule has 0 saturated heterocycles. The van der Waals surface area contributed by atoms with Gasteiger partial charge >= 0.3 is 0 Å². The fraction of sp³-hybridized carbons (Fsp3) is 0.0667. The monoisotopic (exact) mass is 339 g/mol. The van der Waals surface area contributed by atoms with E-state index in [9.17, 15) is 8.42 Å². The SMILES string of the molecule is CS(=O)(=O)n1c(-c2ccc(Cl)cc2Cl)cc2ccccc21. The molecule has 0 fully saturated rings. The van der Waals surface area contributed by atoms with E-state index in [-0.39, 0.29) is 0 Å². The van der Waals surface area contributed by atoms with Gasteiger partial charge in [0.25, 0.3) is 0 Å². The number of halogens is 2. The van der Waals surface area contributed by atoms with Crippen molar-refractivity contribution in [2.45, 2.75) is 0 Å². The Morgan fingerprint density at radius 2 is 1.71 bits per heavy atom. The molecule has 0 saturated carbocycles. The van der Waals surface area contributed by atoms with Crippen molar-refractivity contribution >= 4 is 44.1 Å². The van der Waals surface area contributed by atoms with Crippen molar-refractivity contribution in [3.63, 3.8) is 0 Å². The minimum Gasteiger partial charge on any atom is -0.237 e. The molecule has 1 aromatic heterocycles. The second-order valence-corrected chi connectivity index (χ2v) is 7.41. The number of fused-ring (bicyclic) bond motifs is 1. The molecule has 0 N–H and O–H groups in total. The lowest BCUT2D eigenvalue weighted by Gasteiger charge is -2.10. The zero-order valence-electron chi connectivity index (χ0n) is 11.0. The zero-order valence-corrected chi connectivity index (χ0v) is 13.4. The van der Waals surface area contributed by atoms with E-state index in [0.717, 1.165) is 5.39 Å². The lowest BCUT2D eigenvalue weighted by molar-refractivity contribution is 0.595. The van der Waals surface area contributed by atoms with Crippen LogP contribution >= 0.6 is 23.2 Å². The molecule has 1 heterocycles. The Bertz CT molecular complexity index is 945. The summed E-state index contributed by atoms with van der Waals surface area (Å²) < 4.78 is 25.7. The lowest BCUT2D eigenvalue weighted by atomic mass is 10.1. The maximum absolute atomic E-state index is 12.2. The number of benzene rings is 2. The molecule has 0 aliphatic carbocycles. The van der Waals surface area contributed by atoms with Crippen LogP contribution in [0.5, 0.6) is 0 Å². The van der Waals surface area contributed by atoms with E-state index in [2.05, 4.69) is 0 Å². The molecule has 0 bridgehead atoms. The molecule has 6 heteroatoms. The van der Waals surface area contributed by atoms with E-state index in [1.165, 1.54) is 10.2 Å². The van der Waals surface area contributed by atoms with Crippen molar-refractivity contribution in [3.05, 3.63) is 58.6 Å². The number of aromatic nitrogens is 1. The number of hydrogen-bond donors (Lipinski definition) is 0. The summed E-state index contributed by atoms with van der Waals surface area (Å²) in [6.45, 7) is 0. The normalized spacial score (nSPS) is 12.0. The molecule has 3 aromatic rings. The first-order valence-electron chi connectivity index (χ1n) is 6.14. The smallest absolute Gasteiger partial charge is 0.236 e. The highest BCUT2D eigenvalue weighted by Gasteiger charge is 2.19. The van der Waals surface area contributed by atoms with E-state index in [1.807, 2.05) is 18.2 Å². The lowest BCUT2D eigenvalue weighted by Crippen LogP contribution is -2.11. The number of para-hydroxylation sites is 1. The first-order valence-corrected chi connectivity index (χ1v) is 8.75. The Balaban J connectivity index is 2.42. The van der Waals surface area contributed by atoms with Crippen LogP contribution in [0.15, 0.2) is 48.5 Å². The van der Waals surface area contributed by atoms with Crippen LogP contribution in [0.2, 0.25) is 10.0 Å². The molecule has 108 valence electrons. The van der Waals surface area contributed by atoms with Crippen LogP contribution in [0.3, 0.4) is 0 Å². The minimum absolute atomic E-state index is 0.412. The van der Waals surface area contributed by atoms with Gasteiger partial charge in [-0.15, -0.1) is 0 Å². The van der Waals surface area contributed by atoms with Gasteiger partial charge in [-0.1, -0.05) is 41.4 Å². The van der Waals surface area contributed by atoms with Crippen molar-refractivity contribution in [2.24, 2.45) is 0 Å². The van der Waals surface area contributed by atoms with Gasteiger partial charge in [-0.2, -0.15) is 0 Å². The Labute approximate surface area is 132 Å². The van der Waals surface area contributed by atoms with Crippen LogP contribution in [-0.4, -0.2) is 18.6 Å². The van der Waals surface area contributed by atoms with Gasteiger partial charge in [-0.3, -0.25) is 0 Å². The molecule has 21 heavy (non-hydrogen) atoms. The third-order valence-corrected chi connectivity index (χ3v) is 4.81. The molecule has 0 spiro atoms. The van der Waals surface area contributed by atoms with E-state index < -0.39 is 10.0 Å². The standard InChI is InChI=1S/C15H11Cl2NO2S/c1-21(19,20)18-14-5-3-2-4-10(14)8-15(18)12-7-6-11(16)9-13(12)17/h2-9H,1H3. The summed E-state index contributed by atoms with van der Waals surface area (Å²) >= 11 is 12.1. The second kappa shape index (κ2) is 5.05. The molecular weight excluding hydrogens is 329 g/mol. The van der Waals surface area contributed by atoms with E-state index in [4.69, 9.17) is 23.2 Å². The molecule has 0 radical (unpaired) electrons. The van der Waals surface area contributed by atoms with Gasteiger partial charge in [-0.05, 0) is 30.3 Å². The largest absolute Gasteiger partial charge is 0.237 e. The molecule has 0 amide bonds. The summed E-state index contributed by atoms with van der Waals surface area (Å²) in [5, 5.41) is 1.75. The highest BCUT2D eigenvalue weighted by Crippen LogP contribution is 2.35. The Morgan fingerprint density at radius 1 is 1.00 bits per heavy atom. The Hall–Kier alpha value is -1.49. The van der Waals surface area contributed by atoms with Crippen molar-refractivity contribution in [1.82, 2.24) is 3.97 Å². The summed E-state index contributed by atoms with van der Waals surface area (Å²) in [5.74, 6) is 0.